The lowest BCUT2D eigenvalue weighted by atomic mass is 10.1. The molecule has 120 valence electrons. The molecule has 22 heavy (non-hydrogen) atoms. The molecule has 3 rings (SSSR count). The van der Waals surface area contributed by atoms with E-state index in [1.807, 2.05) is 4.90 Å². The highest BCUT2D eigenvalue weighted by atomic mass is 19.3. The molecule has 2 aliphatic heterocycles. The average molecular weight is 311 g/mol. The second-order valence-electron chi connectivity index (χ2n) is 5.69. The van der Waals surface area contributed by atoms with Crippen LogP contribution in [0.25, 0.3) is 0 Å². The first kappa shape index (κ1) is 14.9. The summed E-state index contributed by atoms with van der Waals surface area (Å²) in [6.45, 7) is 2.37. The van der Waals surface area contributed by atoms with E-state index in [2.05, 4.69) is 15.3 Å². The number of carbonyl (C=O) groups is 1. The van der Waals surface area contributed by atoms with E-state index in [1.54, 1.807) is 11.0 Å². The van der Waals surface area contributed by atoms with Crippen LogP contribution >= 0.6 is 0 Å². The van der Waals surface area contributed by atoms with E-state index in [4.69, 9.17) is 0 Å². The number of nitrogens with zero attached hydrogens (tertiary/aromatic N) is 4. The van der Waals surface area contributed by atoms with Crippen molar-refractivity contribution in [1.82, 2.24) is 14.9 Å². The molecule has 1 aromatic rings. The number of nitrogens with one attached hydrogen (secondary N) is 1. The highest BCUT2D eigenvalue weighted by Gasteiger charge is 2.34. The van der Waals surface area contributed by atoms with Gasteiger partial charge >= 0.3 is 0 Å². The standard InChI is InChI=1S/C14H19F2N5O/c15-14(16)2-6-20(7-3-14)12-8-11(18-10-19-12)17-9-13(22)21-4-1-5-21/h8,10H,1-7,9H2,(H,17,18,19). The van der Waals surface area contributed by atoms with Gasteiger partial charge in [0.1, 0.15) is 18.0 Å². The summed E-state index contributed by atoms with van der Waals surface area (Å²) >= 11 is 0. The number of carbonyl (C=O) groups excluding carboxylic acids is 1. The van der Waals surface area contributed by atoms with Gasteiger partial charge in [0.2, 0.25) is 5.91 Å². The Morgan fingerprint density at radius 2 is 1.95 bits per heavy atom. The van der Waals surface area contributed by atoms with E-state index >= 15 is 0 Å². The van der Waals surface area contributed by atoms with Crippen molar-refractivity contribution in [2.24, 2.45) is 0 Å². The Labute approximate surface area is 127 Å². The normalized spacial score (nSPS) is 20.5. The molecule has 2 saturated heterocycles. The van der Waals surface area contributed by atoms with Crippen LogP contribution in [0.5, 0.6) is 0 Å². The van der Waals surface area contributed by atoms with Gasteiger partial charge in [0.25, 0.3) is 5.92 Å². The van der Waals surface area contributed by atoms with Crippen molar-refractivity contribution in [2.75, 3.05) is 42.9 Å². The maximum absolute atomic E-state index is 13.2. The lowest BCUT2D eigenvalue weighted by molar-refractivity contribution is -0.132. The highest BCUT2D eigenvalue weighted by molar-refractivity contribution is 5.81. The zero-order valence-corrected chi connectivity index (χ0v) is 12.3. The lowest BCUT2D eigenvalue weighted by Gasteiger charge is -2.32. The Balaban J connectivity index is 1.57. The van der Waals surface area contributed by atoms with Gasteiger partial charge < -0.3 is 15.1 Å². The maximum Gasteiger partial charge on any atom is 0.251 e. The Hall–Kier alpha value is -1.99. The zero-order chi connectivity index (χ0) is 15.6. The van der Waals surface area contributed by atoms with E-state index < -0.39 is 5.92 Å². The third kappa shape index (κ3) is 3.42. The smallest absolute Gasteiger partial charge is 0.251 e. The number of piperidine rings is 1. The molecular formula is C14H19F2N5O. The Morgan fingerprint density at radius 1 is 1.23 bits per heavy atom. The Bertz CT molecular complexity index is 540. The van der Waals surface area contributed by atoms with Gasteiger partial charge in [0, 0.05) is 45.1 Å². The van der Waals surface area contributed by atoms with Crippen LogP contribution in [0.3, 0.4) is 0 Å². The summed E-state index contributed by atoms with van der Waals surface area (Å²) in [5.41, 5.74) is 0. The summed E-state index contributed by atoms with van der Waals surface area (Å²) in [6, 6.07) is 1.70. The molecule has 3 heterocycles. The number of hydrogen-bond donors (Lipinski definition) is 1. The summed E-state index contributed by atoms with van der Waals surface area (Å²) in [7, 11) is 0. The van der Waals surface area contributed by atoms with Crippen molar-refractivity contribution >= 4 is 17.5 Å². The van der Waals surface area contributed by atoms with Crippen molar-refractivity contribution in [3.63, 3.8) is 0 Å². The van der Waals surface area contributed by atoms with E-state index in [1.165, 1.54) is 6.33 Å². The summed E-state index contributed by atoms with van der Waals surface area (Å²) in [5.74, 6) is -1.38. The van der Waals surface area contributed by atoms with Crippen LogP contribution in [-0.4, -0.2) is 59.4 Å². The predicted octanol–water partition coefficient (Wildman–Crippen LogP) is 1.36. The first-order valence-electron chi connectivity index (χ1n) is 7.50. The molecule has 0 unspecified atom stereocenters. The fourth-order valence-corrected chi connectivity index (χ4v) is 2.52. The van der Waals surface area contributed by atoms with Crippen LogP contribution in [0.15, 0.2) is 12.4 Å². The number of amides is 1. The molecule has 0 radical (unpaired) electrons. The zero-order valence-electron chi connectivity index (χ0n) is 12.3. The average Bonchev–Trinajstić information content (AvgIpc) is 2.43. The molecule has 1 N–H and O–H groups in total. The third-order valence-corrected chi connectivity index (χ3v) is 4.10. The van der Waals surface area contributed by atoms with Crippen LogP contribution in [0.2, 0.25) is 0 Å². The number of halogens is 2. The number of anilines is 2. The van der Waals surface area contributed by atoms with Gasteiger partial charge in [0.05, 0.1) is 6.54 Å². The second kappa shape index (κ2) is 6.02. The van der Waals surface area contributed by atoms with E-state index in [0.29, 0.717) is 11.6 Å². The molecule has 0 bridgehead atoms. The monoisotopic (exact) mass is 311 g/mol. The van der Waals surface area contributed by atoms with Gasteiger partial charge in [-0.25, -0.2) is 18.7 Å². The lowest BCUT2D eigenvalue weighted by Crippen LogP contribution is -2.44. The van der Waals surface area contributed by atoms with Crippen LogP contribution < -0.4 is 10.2 Å². The summed E-state index contributed by atoms with van der Waals surface area (Å²) < 4.78 is 26.4. The number of likely N-dealkylation sites (tertiary alicyclic amines) is 1. The maximum atomic E-state index is 13.2. The van der Waals surface area contributed by atoms with Crippen molar-refractivity contribution in [3.8, 4) is 0 Å². The SMILES string of the molecule is O=C(CNc1cc(N2CCC(F)(F)CC2)ncn1)N1CCC1. The number of aromatic nitrogens is 2. The fourth-order valence-electron chi connectivity index (χ4n) is 2.52. The van der Waals surface area contributed by atoms with Gasteiger partial charge in [-0.1, -0.05) is 0 Å². The molecule has 1 amide bonds. The van der Waals surface area contributed by atoms with Crippen molar-refractivity contribution in [2.45, 2.75) is 25.2 Å². The summed E-state index contributed by atoms with van der Waals surface area (Å²) in [4.78, 5) is 23.6. The highest BCUT2D eigenvalue weighted by Crippen LogP contribution is 2.29. The first-order chi connectivity index (χ1) is 10.5. The van der Waals surface area contributed by atoms with Crippen molar-refractivity contribution in [1.29, 1.82) is 0 Å². The van der Waals surface area contributed by atoms with Gasteiger partial charge in [-0.3, -0.25) is 4.79 Å². The Kier molecular flexibility index (Phi) is 4.08. The second-order valence-corrected chi connectivity index (χ2v) is 5.69. The number of rotatable bonds is 4. The molecule has 2 fully saturated rings. The number of hydrogen-bond acceptors (Lipinski definition) is 5. The molecule has 6 nitrogen and oxygen atoms in total. The first-order valence-corrected chi connectivity index (χ1v) is 7.50. The summed E-state index contributed by atoms with van der Waals surface area (Å²) in [5, 5.41) is 2.97. The molecule has 0 atom stereocenters. The van der Waals surface area contributed by atoms with E-state index in [-0.39, 0.29) is 38.4 Å². The molecule has 0 aliphatic carbocycles. The van der Waals surface area contributed by atoms with Crippen molar-refractivity contribution < 1.29 is 13.6 Å². The number of alkyl halides is 2. The topological polar surface area (TPSA) is 61.4 Å². The van der Waals surface area contributed by atoms with E-state index in [0.717, 1.165) is 19.5 Å². The van der Waals surface area contributed by atoms with Gasteiger partial charge in [-0.15, -0.1) is 0 Å². The Morgan fingerprint density at radius 3 is 2.59 bits per heavy atom. The van der Waals surface area contributed by atoms with Crippen LogP contribution in [-0.2, 0) is 4.79 Å². The van der Waals surface area contributed by atoms with Crippen LogP contribution in [0.4, 0.5) is 20.4 Å². The third-order valence-electron chi connectivity index (χ3n) is 4.10. The molecule has 0 saturated carbocycles. The molecule has 0 spiro atoms. The predicted molar refractivity (Wildman–Crippen MR) is 78.1 cm³/mol. The summed E-state index contributed by atoms with van der Waals surface area (Å²) in [6.07, 6.45) is 2.13. The minimum Gasteiger partial charge on any atom is -0.361 e. The van der Waals surface area contributed by atoms with Crippen LogP contribution in [0, 0.1) is 0 Å². The largest absolute Gasteiger partial charge is 0.361 e. The quantitative estimate of drug-likeness (QED) is 0.910. The van der Waals surface area contributed by atoms with Crippen LogP contribution in [0.1, 0.15) is 19.3 Å². The molecule has 1 aromatic heterocycles. The minimum atomic E-state index is -2.58. The minimum absolute atomic E-state index is 0.0454. The molecular weight excluding hydrogens is 292 g/mol. The van der Waals surface area contributed by atoms with Gasteiger partial charge in [0.15, 0.2) is 0 Å². The molecule has 2 aliphatic rings. The van der Waals surface area contributed by atoms with Crippen molar-refractivity contribution in [3.05, 3.63) is 12.4 Å². The molecule has 0 aromatic carbocycles. The molecule has 8 heteroatoms. The van der Waals surface area contributed by atoms with Gasteiger partial charge in [-0.05, 0) is 6.42 Å². The van der Waals surface area contributed by atoms with E-state index in [9.17, 15) is 13.6 Å². The van der Waals surface area contributed by atoms with Gasteiger partial charge in [-0.2, -0.15) is 0 Å². The fraction of sp³-hybridized carbons (Fsp3) is 0.643.